The summed E-state index contributed by atoms with van der Waals surface area (Å²) in [4.78, 5) is 7.50. The molecule has 1 aromatic carbocycles. The summed E-state index contributed by atoms with van der Waals surface area (Å²) in [6, 6.07) is 5.20. The second-order valence-corrected chi connectivity index (χ2v) is 10.7. The third kappa shape index (κ3) is 4.98. The van der Waals surface area contributed by atoms with Crippen LogP contribution in [0.4, 0.5) is 13.2 Å². The number of hydrogen-bond donors (Lipinski definition) is 1. The number of halogens is 3. The number of nitrogens with zero attached hydrogens (tertiary/aromatic N) is 3. The third-order valence-electron chi connectivity index (χ3n) is 5.08. The summed E-state index contributed by atoms with van der Waals surface area (Å²) in [7, 11) is -1.06. The Bertz CT molecular complexity index is 1130. The smallest absolute Gasteiger partial charge is 0.347 e. The highest BCUT2D eigenvalue weighted by molar-refractivity contribution is 7.83. The standard InChI is InChI=1S/C22H25F3N4OS/c1-21(2,3)13-29-12-15(11-28-31(30)16-5-6-16)17-7-4-14(10-18(17)29)19-20(22(23,24)25)27-9-8-26-19/h4,7-10,12,16,28H,5-6,11,13H2,1-3H3. The number of benzene rings is 1. The van der Waals surface area contributed by atoms with Crippen LogP contribution >= 0.6 is 0 Å². The van der Waals surface area contributed by atoms with Crippen LogP contribution in [0.2, 0.25) is 0 Å². The van der Waals surface area contributed by atoms with Gasteiger partial charge in [0.05, 0.1) is 11.0 Å². The lowest BCUT2D eigenvalue weighted by Gasteiger charge is -2.20. The van der Waals surface area contributed by atoms with Gasteiger partial charge in [0.2, 0.25) is 0 Å². The summed E-state index contributed by atoms with van der Waals surface area (Å²) in [6.07, 6.45) is 1.69. The SMILES string of the molecule is CC(C)(C)Cn1cc(CNS(=O)C2CC2)c2ccc(-c3nccnc3C(F)(F)F)cc21. The van der Waals surface area contributed by atoms with Crippen LogP contribution < -0.4 is 4.72 Å². The average Bonchev–Trinajstić information content (AvgIpc) is 3.49. The number of hydrogen-bond acceptors (Lipinski definition) is 3. The average molecular weight is 451 g/mol. The molecule has 3 aromatic rings. The molecule has 2 heterocycles. The van der Waals surface area contributed by atoms with Crippen molar-refractivity contribution in [3.63, 3.8) is 0 Å². The predicted octanol–water partition coefficient (Wildman–Crippen LogP) is 5.08. The van der Waals surface area contributed by atoms with Crippen molar-refractivity contribution in [1.29, 1.82) is 0 Å². The summed E-state index contributed by atoms with van der Waals surface area (Å²) >= 11 is 0. The van der Waals surface area contributed by atoms with Gasteiger partial charge in [-0.3, -0.25) is 4.98 Å². The highest BCUT2D eigenvalue weighted by Crippen LogP contribution is 2.36. The lowest BCUT2D eigenvalue weighted by atomic mass is 9.97. The molecular weight excluding hydrogens is 425 g/mol. The van der Waals surface area contributed by atoms with E-state index in [1.165, 1.54) is 6.20 Å². The topological polar surface area (TPSA) is 59.8 Å². The number of aromatic nitrogens is 3. The molecule has 1 aliphatic rings. The van der Waals surface area contributed by atoms with Gasteiger partial charge in [-0.05, 0) is 29.9 Å². The minimum absolute atomic E-state index is 0.0346. The van der Waals surface area contributed by atoms with Crippen LogP contribution in [0.5, 0.6) is 0 Å². The summed E-state index contributed by atoms with van der Waals surface area (Å²) in [5.74, 6) is 0. The van der Waals surface area contributed by atoms with Crippen LogP contribution in [0.1, 0.15) is 44.9 Å². The van der Waals surface area contributed by atoms with Crippen molar-refractivity contribution in [3.8, 4) is 11.3 Å². The molecule has 1 atom stereocenters. The lowest BCUT2D eigenvalue weighted by molar-refractivity contribution is -0.140. The predicted molar refractivity (Wildman–Crippen MR) is 115 cm³/mol. The molecule has 1 N–H and O–H groups in total. The number of fused-ring (bicyclic) bond motifs is 1. The molecule has 1 unspecified atom stereocenters. The lowest BCUT2D eigenvalue weighted by Crippen LogP contribution is -2.19. The van der Waals surface area contributed by atoms with Gasteiger partial charge in [-0.25, -0.2) is 13.9 Å². The Labute approximate surface area is 181 Å². The van der Waals surface area contributed by atoms with E-state index >= 15 is 0 Å². The van der Waals surface area contributed by atoms with E-state index < -0.39 is 22.9 Å². The minimum atomic E-state index is -4.59. The largest absolute Gasteiger partial charge is 0.435 e. The van der Waals surface area contributed by atoms with Gasteiger partial charge >= 0.3 is 6.18 Å². The van der Waals surface area contributed by atoms with Crippen molar-refractivity contribution in [2.75, 3.05) is 0 Å². The van der Waals surface area contributed by atoms with Crippen molar-refractivity contribution in [2.24, 2.45) is 5.41 Å². The van der Waals surface area contributed by atoms with Gasteiger partial charge in [0.15, 0.2) is 5.69 Å². The van der Waals surface area contributed by atoms with Crippen LogP contribution in [0.3, 0.4) is 0 Å². The minimum Gasteiger partial charge on any atom is -0.347 e. The molecule has 0 aliphatic heterocycles. The summed E-state index contributed by atoms with van der Waals surface area (Å²) in [5.41, 5.74) is 0.935. The first kappa shape index (κ1) is 22.0. The fourth-order valence-corrected chi connectivity index (χ4v) is 4.70. The maximum atomic E-state index is 13.5. The number of rotatable bonds is 6. The molecule has 0 saturated heterocycles. The van der Waals surface area contributed by atoms with Crippen LogP contribution in [-0.2, 0) is 30.3 Å². The molecule has 2 aromatic heterocycles. The molecule has 0 amide bonds. The molecule has 0 bridgehead atoms. The fourth-order valence-electron chi connectivity index (χ4n) is 3.60. The molecule has 1 fully saturated rings. The molecule has 0 radical (unpaired) electrons. The second kappa shape index (κ2) is 8.02. The van der Waals surface area contributed by atoms with Crippen molar-refractivity contribution < 1.29 is 17.4 Å². The Kier molecular flexibility index (Phi) is 5.68. The summed E-state index contributed by atoms with van der Waals surface area (Å²) < 4.78 is 57.7. The monoisotopic (exact) mass is 450 g/mol. The molecule has 31 heavy (non-hydrogen) atoms. The Morgan fingerprint density at radius 1 is 1.16 bits per heavy atom. The van der Waals surface area contributed by atoms with E-state index in [0.29, 0.717) is 18.7 Å². The van der Waals surface area contributed by atoms with E-state index in [1.54, 1.807) is 12.1 Å². The Hall–Kier alpha value is -2.26. The quantitative estimate of drug-likeness (QED) is 0.570. The zero-order chi connectivity index (χ0) is 22.4. The van der Waals surface area contributed by atoms with E-state index in [2.05, 4.69) is 40.0 Å². The summed E-state index contributed by atoms with van der Waals surface area (Å²) in [6.45, 7) is 7.44. The van der Waals surface area contributed by atoms with Gasteiger partial charge < -0.3 is 4.57 Å². The number of alkyl halides is 3. The fraction of sp³-hybridized carbons (Fsp3) is 0.455. The van der Waals surface area contributed by atoms with Gasteiger partial charge in [0, 0.05) is 53.4 Å². The van der Waals surface area contributed by atoms with Crippen LogP contribution in [0.15, 0.2) is 36.8 Å². The van der Waals surface area contributed by atoms with Gasteiger partial charge in [0.25, 0.3) is 0 Å². The van der Waals surface area contributed by atoms with Crippen LogP contribution in [-0.4, -0.2) is 24.0 Å². The highest BCUT2D eigenvalue weighted by Gasteiger charge is 2.36. The normalized spacial score (nSPS) is 16.1. The summed E-state index contributed by atoms with van der Waals surface area (Å²) in [5, 5.41) is 1.15. The zero-order valence-corrected chi connectivity index (χ0v) is 18.5. The van der Waals surface area contributed by atoms with Gasteiger partial charge in [-0.15, -0.1) is 0 Å². The molecule has 5 nitrogen and oxygen atoms in total. The maximum Gasteiger partial charge on any atom is 0.435 e. The van der Waals surface area contributed by atoms with Crippen molar-refractivity contribution in [2.45, 2.75) is 58.1 Å². The van der Waals surface area contributed by atoms with Crippen molar-refractivity contribution in [1.82, 2.24) is 19.3 Å². The highest BCUT2D eigenvalue weighted by atomic mass is 32.2. The third-order valence-corrected chi connectivity index (χ3v) is 6.59. The van der Waals surface area contributed by atoms with Crippen molar-refractivity contribution >= 4 is 21.9 Å². The molecule has 1 saturated carbocycles. The van der Waals surface area contributed by atoms with Crippen LogP contribution in [0, 0.1) is 5.41 Å². The second-order valence-electron chi connectivity index (χ2n) is 9.14. The number of nitrogens with one attached hydrogen (secondary N) is 1. The zero-order valence-electron chi connectivity index (χ0n) is 17.7. The van der Waals surface area contributed by atoms with Crippen LogP contribution in [0.25, 0.3) is 22.2 Å². The van der Waals surface area contributed by atoms with Crippen molar-refractivity contribution in [3.05, 3.63) is 48.0 Å². The molecule has 166 valence electrons. The first-order valence-corrected chi connectivity index (χ1v) is 11.4. The van der Waals surface area contributed by atoms with E-state index in [4.69, 9.17) is 0 Å². The molecule has 4 rings (SSSR count). The first-order valence-electron chi connectivity index (χ1n) is 10.2. The maximum absolute atomic E-state index is 13.5. The molecule has 0 spiro atoms. The van der Waals surface area contributed by atoms with Gasteiger partial charge in [-0.2, -0.15) is 13.2 Å². The van der Waals surface area contributed by atoms with Gasteiger partial charge in [-0.1, -0.05) is 32.9 Å². The Morgan fingerprint density at radius 3 is 2.52 bits per heavy atom. The molecular formula is C22H25F3N4OS. The molecule has 1 aliphatic carbocycles. The van der Waals surface area contributed by atoms with E-state index in [0.717, 1.165) is 35.5 Å². The van der Waals surface area contributed by atoms with Gasteiger partial charge in [0.1, 0.15) is 5.69 Å². The van der Waals surface area contributed by atoms with E-state index in [1.807, 2.05) is 12.3 Å². The Balaban J connectivity index is 1.77. The molecule has 9 heteroatoms. The Morgan fingerprint density at radius 2 is 1.87 bits per heavy atom. The van der Waals surface area contributed by atoms with E-state index in [-0.39, 0.29) is 16.4 Å². The van der Waals surface area contributed by atoms with E-state index in [9.17, 15) is 17.4 Å². The first-order chi connectivity index (χ1) is 14.5.